The molecule has 0 radical (unpaired) electrons. The zero-order valence-electron chi connectivity index (χ0n) is 16.0. The number of alkyl halides is 3. The molecule has 1 aromatic rings. The summed E-state index contributed by atoms with van der Waals surface area (Å²) in [4.78, 5) is 18.6. The van der Waals surface area contributed by atoms with Crippen molar-refractivity contribution < 1.29 is 27.4 Å². The smallest absolute Gasteiger partial charge is 0.474 e. The minimum atomic E-state index is -4.85. The van der Waals surface area contributed by atoms with E-state index < -0.39 is 17.5 Å². The molecule has 1 aromatic heterocycles. The summed E-state index contributed by atoms with van der Waals surface area (Å²) in [5, 5.41) is 3.02. The average molecular weight is 389 g/mol. The third-order valence-electron chi connectivity index (χ3n) is 4.69. The predicted octanol–water partition coefficient (Wildman–Crippen LogP) is 2.98. The van der Waals surface area contributed by atoms with Crippen LogP contribution in [0.3, 0.4) is 0 Å². The van der Waals surface area contributed by atoms with Crippen LogP contribution in [0.4, 0.5) is 13.2 Å². The fraction of sp³-hybridized carbons (Fsp3) is 0.667. The maximum atomic E-state index is 12.6. The molecule has 2 rings (SSSR count). The first-order valence-corrected chi connectivity index (χ1v) is 8.83. The highest BCUT2D eigenvalue weighted by molar-refractivity contribution is 5.82. The lowest BCUT2D eigenvalue weighted by molar-refractivity contribution is -0.275. The molecule has 0 aliphatic carbocycles. The number of carbonyl (C=O) groups excluding carboxylic acids is 1. The molecule has 27 heavy (non-hydrogen) atoms. The van der Waals surface area contributed by atoms with Crippen molar-refractivity contribution in [1.82, 2.24) is 15.2 Å². The van der Waals surface area contributed by atoms with Crippen LogP contribution in [0.1, 0.15) is 33.6 Å². The van der Waals surface area contributed by atoms with Crippen molar-refractivity contribution in [2.75, 3.05) is 20.2 Å². The number of hydrogen-bond acceptors (Lipinski definition) is 5. The summed E-state index contributed by atoms with van der Waals surface area (Å²) in [7, 11) is 2.05. The third kappa shape index (κ3) is 6.27. The number of nitrogens with one attached hydrogen (secondary N) is 1. The molecule has 1 aliphatic heterocycles. The number of halogens is 3. The highest BCUT2D eigenvalue weighted by atomic mass is 19.4. The van der Waals surface area contributed by atoms with E-state index in [4.69, 9.17) is 4.74 Å². The van der Waals surface area contributed by atoms with E-state index in [9.17, 15) is 18.0 Å². The molecule has 1 amide bonds. The standard InChI is InChI=1S/C18H26F3N3O3/c1-12-10-13(7-9-24(12)4)23-16(25)17(2,3)11-26-15-14(6-5-8-22-15)27-18(19,20)21/h5-6,8,12-13H,7,9-11H2,1-4H3,(H,23,25)/t12-,13+/m1/s1. The lowest BCUT2D eigenvalue weighted by Crippen LogP contribution is -2.51. The number of nitrogens with zero attached hydrogens (tertiary/aromatic N) is 2. The second-order valence-electron chi connectivity index (χ2n) is 7.55. The Kier molecular flexibility index (Phi) is 6.56. The van der Waals surface area contributed by atoms with Gasteiger partial charge in [-0.25, -0.2) is 4.98 Å². The van der Waals surface area contributed by atoms with Gasteiger partial charge in [-0.05, 0) is 52.8 Å². The van der Waals surface area contributed by atoms with Crippen LogP contribution in [0.25, 0.3) is 0 Å². The molecular weight excluding hydrogens is 363 g/mol. The lowest BCUT2D eigenvalue weighted by atomic mass is 9.91. The van der Waals surface area contributed by atoms with Crippen LogP contribution in [0, 0.1) is 5.41 Å². The fourth-order valence-corrected chi connectivity index (χ4v) is 2.80. The van der Waals surface area contributed by atoms with Crippen molar-refractivity contribution in [3.63, 3.8) is 0 Å². The van der Waals surface area contributed by atoms with Gasteiger partial charge in [-0.3, -0.25) is 4.79 Å². The Morgan fingerprint density at radius 1 is 1.41 bits per heavy atom. The molecular formula is C18H26F3N3O3. The molecule has 9 heteroatoms. The number of pyridine rings is 1. The summed E-state index contributed by atoms with van der Waals surface area (Å²) in [5.74, 6) is -1.05. The van der Waals surface area contributed by atoms with E-state index in [2.05, 4.69) is 26.9 Å². The van der Waals surface area contributed by atoms with Crippen LogP contribution in [-0.4, -0.2) is 54.4 Å². The Morgan fingerprint density at radius 2 is 2.11 bits per heavy atom. The van der Waals surface area contributed by atoms with Gasteiger partial charge >= 0.3 is 6.36 Å². The van der Waals surface area contributed by atoms with Gasteiger partial charge in [-0.15, -0.1) is 13.2 Å². The van der Waals surface area contributed by atoms with E-state index in [0.29, 0.717) is 6.04 Å². The maximum absolute atomic E-state index is 12.6. The first-order chi connectivity index (χ1) is 12.5. The van der Waals surface area contributed by atoms with Gasteiger partial charge in [-0.2, -0.15) is 0 Å². The molecule has 2 heterocycles. The summed E-state index contributed by atoms with van der Waals surface area (Å²) < 4.78 is 46.7. The Labute approximate surface area is 157 Å². The number of hydrogen-bond donors (Lipinski definition) is 1. The predicted molar refractivity (Wildman–Crippen MR) is 93.5 cm³/mol. The van der Waals surface area contributed by atoms with Crippen molar-refractivity contribution in [2.24, 2.45) is 5.41 Å². The fourth-order valence-electron chi connectivity index (χ4n) is 2.80. The number of carbonyl (C=O) groups is 1. The number of aromatic nitrogens is 1. The van der Waals surface area contributed by atoms with E-state index in [1.807, 2.05) is 7.05 Å². The number of piperidine rings is 1. The largest absolute Gasteiger partial charge is 0.573 e. The zero-order chi connectivity index (χ0) is 20.2. The molecule has 1 saturated heterocycles. The van der Waals surface area contributed by atoms with Gasteiger partial charge in [-0.1, -0.05) is 0 Å². The molecule has 1 N–H and O–H groups in total. The molecule has 0 bridgehead atoms. The SMILES string of the molecule is C[C@@H]1C[C@@H](NC(=O)C(C)(C)COc2ncccc2OC(F)(F)F)CCN1C. The van der Waals surface area contributed by atoms with E-state index in [0.717, 1.165) is 25.5 Å². The topological polar surface area (TPSA) is 63.7 Å². The van der Waals surface area contributed by atoms with Gasteiger partial charge in [0.1, 0.15) is 6.61 Å². The summed E-state index contributed by atoms with van der Waals surface area (Å²) in [5.41, 5.74) is -0.945. The van der Waals surface area contributed by atoms with Crippen LogP contribution in [0.5, 0.6) is 11.6 Å². The number of amides is 1. The minimum absolute atomic E-state index is 0.0712. The summed E-state index contributed by atoms with van der Waals surface area (Å²) in [6, 6.07) is 2.87. The molecule has 1 aliphatic rings. The Balaban J connectivity index is 1.95. The van der Waals surface area contributed by atoms with Crippen LogP contribution >= 0.6 is 0 Å². The second-order valence-corrected chi connectivity index (χ2v) is 7.55. The first kappa shape index (κ1) is 21.3. The molecule has 2 atom stereocenters. The monoisotopic (exact) mass is 389 g/mol. The molecule has 152 valence electrons. The maximum Gasteiger partial charge on any atom is 0.573 e. The number of rotatable bonds is 6. The van der Waals surface area contributed by atoms with Crippen LogP contribution < -0.4 is 14.8 Å². The molecule has 0 spiro atoms. The van der Waals surface area contributed by atoms with Gasteiger partial charge in [0.15, 0.2) is 5.75 Å². The van der Waals surface area contributed by atoms with E-state index >= 15 is 0 Å². The molecule has 1 fully saturated rings. The highest BCUT2D eigenvalue weighted by Gasteiger charge is 2.35. The number of likely N-dealkylation sites (tertiary alicyclic amines) is 1. The van der Waals surface area contributed by atoms with Crippen LogP contribution in [0.2, 0.25) is 0 Å². The van der Waals surface area contributed by atoms with E-state index in [1.54, 1.807) is 13.8 Å². The van der Waals surface area contributed by atoms with Crippen molar-refractivity contribution in [1.29, 1.82) is 0 Å². The first-order valence-electron chi connectivity index (χ1n) is 8.83. The number of ether oxygens (including phenoxy) is 2. The van der Waals surface area contributed by atoms with Crippen molar-refractivity contribution in [2.45, 2.75) is 52.1 Å². The molecule has 0 saturated carbocycles. The highest BCUT2D eigenvalue weighted by Crippen LogP contribution is 2.31. The van der Waals surface area contributed by atoms with Crippen LogP contribution in [0.15, 0.2) is 18.3 Å². The molecule has 6 nitrogen and oxygen atoms in total. The normalized spacial score (nSPS) is 21.6. The quantitative estimate of drug-likeness (QED) is 0.811. The van der Waals surface area contributed by atoms with Gasteiger partial charge in [0.25, 0.3) is 5.88 Å². The van der Waals surface area contributed by atoms with Gasteiger partial charge in [0.05, 0.1) is 5.41 Å². The second kappa shape index (κ2) is 8.33. The summed E-state index contributed by atoms with van der Waals surface area (Å²) >= 11 is 0. The van der Waals surface area contributed by atoms with Crippen LogP contribution in [-0.2, 0) is 4.79 Å². The Hall–Kier alpha value is -2.03. The summed E-state index contributed by atoms with van der Waals surface area (Å²) in [6.07, 6.45) is -1.85. The van der Waals surface area contributed by atoms with Crippen molar-refractivity contribution in [3.05, 3.63) is 18.3 Å². The zero-order valence-corrected chi connectivity index (χ0v) is 16.0. The third-order valence-corrected chi connectivity index (χ3v) is 4.69. The Morgan fingerprint density at radius 3 is 2.74 bits per heavy atom. The van der Waals surface area contributed by atoms with E-state index in [-0.39, 0.29) is 24.4 Å². The van der Waals surface area contributed by atoms with Gasteiger partial charge in [0.2, 0.25) is 5.91 Å². The van der Waals surface area contributed by atoms with E-state index in [1.165, 1.54) is 12.3 Å². The van der Waals surface area contributed by atoms with Crippen molar-refractivity contribution in [3.8, 4) is 11.6 Å². The minimum Gasteiger partial charge on any atom is -0.474 e. The summed E-state index contributed by atoms with van der Waals surface area (Å²) in [6.45, 7) is 6.22. The molecule has 0 unspecified atom stereocenters. The lowest BCUT2D eigenvalue weighted by Gasteiger charge is -2.36. The van der Waals surface area contributed by atoms with Gasteiger partial charge in [0, 0.05) is 24.8 Å². The van der Waals surface area contributed by atoms with Crippen molar-refractivity contribution >= 4 is 5.91 Å². The molecule has 0 aromatic carbocycles. The average Bonchev–Trinajstić information content (AvgIpc) is 2.56. The van der Waals surface area contributed by atoms with Gasteiger partial charge < -0.3 is 19.7 Å². The Bertz CT molecular complexity index is 652.